The number of carbonyl (C=O) groups is 3. The summed E-state index contributed by atoms with van der Waals surface area (Å²) in [6.45, 7) is 1.97. The molecule has 1 aliphatic heterocycles. The predicted molar refractivity (Wildman–Crippen MR) is 97.6 cm³/mol. The van der Waals surface area contributed by atoms with Gasteiger partial charge in [0.05, 0.1) is 11.7 Å². The van der Waals surface area contributed by atoms with E-state index < -0.39 is 18.0 Å². The molecular weight excluding hydrogens is 352 g/mol. The van der Waals surface area contributed by atoms with Crippen molar-refractivity contribution in [1.82, 2.24) is 20.9 Å². The number of carbonyl (C=O) groups excluding carboxylic acids is 3. The number of amides is 4. The lowest BCUT2D eigenvalue weighted by Crippen LogP contribution is -2.34. The minimum Gasteiger partial charge on any atom is -0.347 e. The normalized spacial score (nSPS) is 17.5. The molecule has 2 aromatic rings. The second kappa shape index (κ2) is 8.09. The Hall–Kier alpha value is -2.74. The van der Waals surface area contributed by atoms with Crippen LogP contribution in [0.3, 0.4) is 0 Å². The van der Waals surface area contributed by atoms with Gasteiger partial charge in [-0.05, 0) is 53.8 Å². The minimum absolute atomic E-state index is 0.143. The van der Waals surface area contributed by atoms with Crippen molar-refractivity contribution in [1.29, 1.82) is 0 Å². The first-order valence-corrected chi connectivity index (χ1v) is 9.30. The minimum atomic E-state index is -0.653. The lowest BCUT2D eigenvalue weighted by Gasteiger charge is -2.20. The Labute approximate surface area is 155 Å². The SMILES string of the molecule is Cc1cccnc1[C@@H](Cc1ccsc1)NC(=O)CC[C@@H]1NC(=O)NC1=O. The van der Waals surface area contributed by atoms with Crippen LogP contribution in [0.2, 0.25) is 0 Å². The third kappa shape index (κ3) is 4.45. The quantitative estimate of drug-likeness (QED) is 0.646. The van der Waals surface area contributed by atoms with Crippen LogP contribution in [-0.4, -0.2) is 28.9 Å². The molecule has 1 fully saturated rings. The third-order valence-electron chi connectivity index (χ3n) is 4.25. The van der Waals surface area contributed by atoms with Crippen molar-refractivity contribution in [2.24, 2.45) is 0 Å². The average Bonchev–Trinajstić information content (AvgIpc) is 3.22. The molecule has 0 aliphatic carbocycles. The van der Waals surface area contributed by atoms with Crippen LogP contribution in [0.1, 0.15) is 35.7 Å². The largest absolute Gasteiger partial charge is 0.347 e. The molecule has 0 unspecified atom stereocenters. The highest BCUT2D eigenvalue weighted by atomic mass is 32.1. The van der Waals surface area contributed by atoms with Crippen LogP contribution in [0.5, 0.6) is 0 Å². The van der Waals surface area contributed by atoms with Gasteiger partial charge >= 0.3 is 6.03 Å². The Morgan fingerprint density at radius 2 is 2.23 bits per heavy atom. The zero-order valence-corrected chi connectivity index (χ0v) is 15.1. The monoisotopic (exact) mass is 372 g/mol. The van der Waals surface area contributed by atoms with Gasteiger partial charge in [0.15, 0.2) is 0 Å². The number of aromatic nitrogens is 1. The van der Waals surface area contributed by atoms with Crippen LogP contribution in [0.25, 0.3) is 0 Å². The van der Waals surface area contributed by atoms with Gasteiger partial charge < -0.3 is 10.6 Å². The van der Waals surface area contributed by atoms with Gasteiger partial charge in [0.25, 0.3) is 5.91 Å². The van der Waals surface area contributed by atoms with E-state index in [1.807, 2.05) is 30.5 Å². The first-order chi connectivity index (χ1) is 12.5. The van der Waals surface area contributed by atoms with Crippen LogP contribution < -0.4 is 16.0 Å². The maximum atomic E-state index is 12.4. The van der Waals surface area contributed by atoms with E-state index in [0.29, 0.717) is 6.42 Å². The zero-order chi connectivity index (χ0) is 18.5. The molecule has 3 heterocycles. The third-order valence-corrected chi connectivity index (χ3v) is 4.99. The van der Waals surface area contributed by atoms with Gasteiger partial charge in [-0.1, -0.05) is 6.07 Å². The Morgan fingerprint density at radius 3 is 2.88 bits per heavy atom. The number of hydrogen-bond donors (Lipinski definition) is 3. The molecular formula is C18H20N4O3S. The summed E-state index contributed by atoms with van der Waals surface area (Å²) in [6.07, 6.45) is 2.77. The standard InChI is InChI=1S/C18H20N4O3S/c1-11-3-2-7-19-16(11)14(9-12-6-8-26-10-12)20-15(23)5-4-13-17(24)22-18(25)21-13/h2-3,6-8,10,13-14H,4-5,9H2,1H3,(H,20,23)(H2,21,22,24,25)/t13-,14+/m0/s1. The summed E-state index contributed by atoms with van der Waals surface area (Å²) in [5.74, 6) is -0.567. The highest BCUT2D eigenvalue weighted by Gasteiger charge is 2.30. The molecule has 0 saturated carbocycles. The Balaban J connectivity index is 1.65. The summed E-state index contributed by atoms with van der Waals surface area (Å²) in [4.78, 5) is 39.6. The first-order valence-electron chi connectivity index (χ1n) is 8.36. The lowest BCUT2D eigenvalue weighted by atomic mass is 10.0. The Kier molecular flexibility index (Phi) is 5.62. The van der Waals surface area contributed by atoms with Crippen molar-refractivity contribution in [3.63, 3.8) is 0 Å². The van der Waals surface area contributed by atoms with Crippen LogP contribution in [0.15, 0.2) is 35.2 Å². The molecule has 26 heavy (non-hydrogen) atoms. The van der Waals surface area contributed by atoms with E-state index in [-0.39, 0.29) is 24.8 Å². The molecule has 4 amide bonds. The molecule has 2 atom stereocenters. The summed E-state index contributed by atoms with van der Waals surface area (Å²) in [5, 5.41) is 11.7. The molecule has 0 spiro atoms. The summed E-state index contributed by atoms with van der Waals surface area (Å²) in [7, 11) is 0. The number of aryl methyl sites for hydroxylation is 1. The Morgan fingerprint density at radius 1 is 1.38 bits per heavy atom. The van der Waals surface area contributed by atoms with Crippen molar-refractivity contribution in [3.8, 4) is 0 Å². The lowest BCUT2D eigenvalue weighted by molar-refractivity contribution is -0.122. The topological polar surface area (TPSA) is 100 Å². The van der Waals surface area contributed by atoms with Crippen LogP contribution in [-0.2, 0) is 16.0 Å². The summed E-state index contributed by atoms with van der Waals surface area (Å²) in [5.41, 5.74) is 2.97. The number of nitrogens with one attached hydrogen (secondary N) is 3. The second-order valence-electron chi connectivity index (χ2n) is 6.22. The summed E-state index contributed by atoms with van der Waals surface area (Å²) >= 11 is 1.61. The van der Waals surface area contributed by atoms with E-state index in [0.717, 1.165) is 16.8 Å². The van der Waals surface area contributed by atoms with Gasteiger partial charge in [-0.3, -0.25) is 19.9 Å². The van der Waals surface area contributed by atoms with E-state index >= 15 is 0 Å². The number of pyridine rings is 1. The zero-order valence-electron chi connectivity index (χ0n) is 14.3. The fraction of sp³-hybridized carbons (Fsp3) is 0.333. The molecule has 2 aromatic heterocycles. The van der Waals surface area contributed by atoms with E-state index in [4.69, 9.17) is 0 Å². The maximum Gasteiger partial charge on any atom is 0.322 e. The van der Waals surface area contributed by atoms with Gasteiger partial charge in [-0.2, -0.15) is 11.3 Å². The molecule has 3 rings (SSSR count). The molecule has 136 valence electrons. The molecule has 3 N–H and O–H groups in total. The van der Waals surface area contributed by atoms with Crippen molar-refractivity contribution in [2.75, 3.05) is 0 Å². The maximum absolute atomic E-state index is 12.4. The van der Waals surface area contributed by atoms with E-state index in [9.17, 15) is 14.4 Å². The molecule has 0 aromatic carbocycles. The van der Waals surface area contributed by atoms with Crippen molar-refractivity contribution >= 4 is 29.2 Å². The molecule has 8 heteroatoms. The molecule has 0 bridgehead atoms. The van der Waals surface area contributed by atoms with Crippen molar-refractivity contribution < 1.29 is 14.4 Å². The molecule has 7 nitrogen and oxygen atoms in total. The molecule has 1 saturated heterocycles. The Bertz CT molecular complexity index is 807. The molecule has 0 radical (unpaired) electrons. The van der Waals surface area contributed by atoms with Gasteiger partial charge in [-0.25, -0.2) is 4.79 Å². The van der Waals surface area contributed by atoms with E-state index in [1.54, 1.807) is 17.5 Å². The number of imide groups is 1. The average molecular weight is 372 g/mol. The fourth-order valence-corrected chi connectivity index (χ4v) is 3.61. The fourth-order valence-electron chi connectivity index (χ4n) is 2.93. The van der Waals surface area contributed by atoms with E-state index in [2.05, 4.69) is 26.3 Å². The second-order valence-corrected chi connectivity index (χ2v) is 7.00. The summed E-state index contributed by atoms with van der Waals surface area (Å²) in [6, 6.07) is 4.45. The molecule has 1 aliphatic rings. The van der Waals surface area contributed by atoms with Gasteiger partial charge in [0, 0.05) is 12.6 Å². The number of nitrogens with zero attached hydrogens (tertiary/aromatic N) is 1. The van der Waals surface area contributed by atoms with Crippen molar-refractivity contribution in [3.05, 3.63) is 52.0 Å². The highest BCUT2D eigenvalue weighted by Crippen LogP contribution is 2.21. The van der Waals surface area contributed by atoms with Gasteiger partial charge in [0.2, 0.25) is 5.91 Å². The first kappa shape index (κ1) is 18.1. The highest BCUT2D eigenvalue weighted by molar-refractivity contribution is 7.07. The predicted octanol–water partition coefficient (Wildman–Crippen LogP) is 1.84. The smallest absolute Gasteiger partial charge is 0.322 e. The van der Waals surface area contributed by atoms with Crippen LogP contribution >= 0.6 is 11.3 Å². The van der Waals surface area contributed by atoms with Crippen molar-refractivity contribution in [2.45, 2.75) is 38.3 Å². The van der Waals surface area contributed by atoms with Gasteiger partial charge in [0.1, 0.15) is 6.04 Å². The van der Waals surface area contributed by atoms with E-state index in [1.165, 1.54) is 0 Å². The number of urea groups is 1. The number of hydrogen-bond acceptors (Lipinski definition) is 5. The van der Waals surface area contributed by atoms with Crippen LogP contribution in [0, 0.1) is 6.92 Å². The van der Waals surface area contributed by atoms with Gasteiger partial charge in [-0.15, -0.1) is 0 Å². The van der Waals surface area contributed by atoms with Crippen LogP contribution in [0.4, 0.5) is 4.79 Å². The summed E-state index contributed by atoms with van der Waals surface area (Å²) < 4.78 is 0. The number of thiophene rings is 1. The number of rotatable bonds is 7.